The lowest BCUT2D eigenvalue weighted by Crippen LogP contribution is -2.14. The molecule has 26 heavy (non-hydrogen) atoms. The van der Waals surface area contributed by atoms with Crippen LogP contribution < -0.4 is 5.32 Å². The Hall–Kier alpha value is -3.68. The molecular weight excluding hydrogens is 340 g/mol. The fraction of sp³-hybridized carbons (Fsp3) is 0.111. The normalized spacial score (nSPS) is 10.5. The number of hydrogen-bond donors (Lipinski definition) is 1. The maximum Gasteiger partial charge on any atom is 0.338 e. The van der Waals surface area contributed by atoms with Crippen LogP contribution in [0.5, 0.6) is 0 Å². The summed E-state index contributed by atoms with van der Waals surface area (Å²) < 4.78 is 10.0. The van der Waals surface area contributed by atoms with E-state index in [0.29, 0.717) is 27.8 Å². The van der Waals surface area contributed by atoms with Gasteiger partial charge in [-0.1, -0.05) is 6.07 Å². The number of fused-ring (bicyclic) bond motifs is 1. The van der Waals surface area contributed by atoms with Crippen molar-refractivity contribution in [1.29, 1.82) is 0 Å². The van der Waals surface area contributed by atoms with Crippen molar-refractivity contribution >= 4 is 34.2 Å². The number of ether oxygens (including phenoxy) is 1. The van der Waals surface area contributed by atoms with Crippen LogP contribution in [0.4, 0.5) is 11.4 Å². The molecule has 0 spiro atoms. The number of furan rings is 1. The van der Waals surface area contributed by atoms with Crippen molar-refractivity contribution < 1.29 is 23.7 Å². The molecule has 0 atom stereocenters. The third-order valence-corrected chi connectivity index (χ3v) is 4.00. The number of nitrogens with one attached hydrogen (secondary N) is 1. The first-order valence-electron chi connectivity index (χ1n) is 7.57. The number of esters is 1. The van der Waals surface area contributed by atoms with E-state index < -0.39 is 16.8 Å². The van der Waals surface area contributed by atoms with Crippen molar-refractivity contribution in [2.45, 2.75) is 6.92 Å². The lowest BCUT2D eigenvalue weighted by Gasteiger charge is -2.11. The molecular formula is C18H14N2O6. The molecule has 0 saturated heterocycles. The Balaban J connectivity index is 1.96. The van der Waals surface area contributed by atoms with Crippen LogP contribution in [0.1, 0.15) is 26.3 Å². The van der Waals surface area contributed by atoms with E-state index in [4.69, 9.17) is 9.15 Å². The smallest absolute Gasteiger partial charge is 0.338 e. The molecule has 0 bridgehead atoms. The van der Waals surface area contributed by atoms with Crippen molar-refractivity contribution in [2.24, 2.45) is 0 Å². The van der Waals surface area contributed by atoms with Crippen molar-refractivity contribution in [3.8, 4) is 0 Å². The van der Waals surface area contributed by atoms with Gasteiger partial charge >= 0.3 is 5.97 Å². The highest BCUT2D eigenvalue weighted by Gasteiger charge is 2.19. The maximum absolute atomic E-state index is 12.6. The summed E-state index contributed by atoms with van der Waals surface area (Å²) in [5.74, 6) is -1.02. The molecule has 132 valence electrons. The van der Waals surface area contributed by atoms with Crippen molar-refractivity contribution in [3.63, 3.8) is 0 Å². The van der Waals surface area contributed by atoms with Crippen LogP contribution in [0.25, 0.3) is 11.0 Å². The number of benzene rings is 2. The van der Waals surface area contributed by atoms with Gasteiger partial charge in [0.2, 0.25) is 0 Å². The summed E-state index contributed by atoms with van der Waals surface area (Å²) in [7, 11) is 1.28. The van der Waals surface area contributed by atoms with E-state index in [2.05, 4.69) is 5.32 Å². The first kappa shape index (κ1) is 17.2. The summed E-state index contributed by atoms with van der Waals surface area (Å²) in [5, 5.41) is 14.0. The Bertz CT molecular complexity index is 1040. The largest absolute Gasteiger partial charge is 0.465 e. The number of rotatable bonds is 4. The Morgan fingerprint density at radius 2 is 1.96 bits per heavy atom. The van der Waals surface area contributed by atoms with E-state index in [-0.39, 0.29) is 11.3 Å². The van der Waals surface area contributed by atoms with E-state index >= 15 is 0 Å². The van der Waals surface area contributed by atoms with E-state index in [1.807, 2.05) is 0 Å². The number of nitro groups is 1. The molecule has 1 amide bonds. The van der Waals surface area contributed by atoms with E-state index in [0.717, 1.165) is 0 Å². The van der Waals surface area contributed by atoms with Crippen molar-refractivity contribution in [2.75, 3.05) is 12.4 Å². The number of hydrogen-bond acceptors (Lipinski definition) is 6. The molecule has 0 aliphatic rings. The third-order valence-electron chi connectivity index (χ3n) is 4.00. The molecule has 2 aromatic carbocycles. The number of anilines is 1. The third kappa shape index (κ3) is 3.00. The van der Waals surface area contributed by atoms with E-state index in [1.165, 1.54) is 31.6 Å². The van der Waals surface area contributed by atoms with Crippen LogP contribution in [0.2, 0.25) is 0 Å². The molecule has 1 aromatic heterocycles. The zero-order chi connectivity index (χ0) is 18.8. The van der Waals surface area contributed by atoms with Gasteiger partial charge in [-0.3, -0.25) is 14.9 Å². The number of amides is 1. The average molecular weight is 354 g/mol. The summed E-state index contributed by atoms with van der Waals surface area (Å²) in [5.41, 5.74) is 1.69. The maximum atomic E-state index is 12.6. The summed E-state index contributed by atoms with van der Waals surface area (Å²) >= 11 is 0. The van der Waals surface area contributed by atoms with Gasteiger partial charge in [-0.2, -0.15) is 0 Å². The monoisotopic (exact) mass is 354 g/mol. The number of carbonyl (C=O) groups excluding carboxylic acids is 2. The molecule has 1 N–H and O–H groups in total. The zero-order valence-corrected chi connectivity index (χ0v) is 13.9. The predicted molar refractivity (Wildman–Crippen MR) is 93.3 cm³/mol. The highest BCUT2D eigenvalue weighted by Crippen LogP contribution is 2.27. The van der Waals surface area contributed by atoms with Crippen molar-refractivity contribution in [3.05, 3.63) is 69.5 Å². The Kier molecular flexibility index (Phi) is 4.40. The number of methoxy groups -OCH3 is 1. The average Bonchev–Trinajstić information content (AvgIpc) is 3.06. The van der Waals surface area contributed by atoms with Gasteiger partial charge in [0.15, 0.2) is 0 Å². The van der Waals surface area contributed by atoms with E-state index in [9.17, 15) is 19.7 Å². The standard InChI is InChI=1S/C18H14N2O6/c1-10-12(18(22)25-2)4-3-5-15(10)19-17(21)14-9-26-16-7-6-11(20(23)24)8-13(14)16/h3-9H,1-2H3,(H,19,21). The minimum Gasteiger partial charge on any atom is -0.465 e. The van der Waals surface area contributed by atoms with Gasteiger partial charge in [0.25, 0.3) is 11.6 Å². The van der Waals surface area contributed by atoms with Gasteiger partial charge in [0.05, 0.1) is 23.2 Å². The van der Waals surface area contributed by atoms with E-state index in [1.54, 1.807) is 25.1 Å². The highest BCUT2D eigenvalue weighted by molar-refractivity contribution is 6.13. The molecule has 0 radical (unpaired) electrons. The Morgan fingerprint density at radius 1 is 1.19 bits per heavy atom. The van der Waals surface area contributed by atoms with Crippen LogP contribution in [0, 0.1) is 17.0 Å². The first-order chi connectivity index (χ1) is 12.4. The Morgan fingerprint density at radius 3 is 2.65 bits per heavy atom. The summed E-state index contributed by atoms with van der Waals surface area (Å²) in [6.45, 7) is 1.68. The van der Waals surface area contributed by atoms with Crippen LogP contribution in [-0.4, -0.2) is 23.9 Å². The first-order valence-corrected chi connectivity index (χ1v) is 7.57. The highest BCUT2D eigenvalue weighted by atomic mass is 16.6. The zero-order valence-electron chi connectivity index (χ0n) is 13.9. The van der Waals surface area contributed by atoms with Gasteiger partial charge in [-0.25, -0.2) is 4.79 Å². The van der Waals surface area contributed by atoms with Gasteiger partial charge in [-0.05, 0) is 30.7 Å². The molecule has 8 nitrogen and oxygen atoms in total. The topological polar surface area (TPSA) is 112 Å². The summed E-state index contributed by atoms with van der Waals surface area (Å²) in [4.78, 5) is 34.8. The van der Waals surface area contributed by atoms with Gasteiger partial charge in [0, 0.05) is 23.2 Å². The van der Waals surface area contributed by atoms with Gasteiger partial charge in [0.1, 0.15) is 11.8 Å². The molecule has 8 heteroatoms. The number of carbonyl (C=O) groups is 2. The van der Waals surface area contributed by atoms with Crippen LogP contribution >= 0.6 is 0 Å². The molecule has 0 aliphatic carbocycles. The van der Waals surface area contributed by atoms with Crippen LogP contribution in [0.3, 0.4) is 0 Å². The molecule has 3 aromatic rings. The number of non-ortho nitro benzene ring substituents is 1. The van der Waals surface area contributed by atoms with Crippen LogP contribution in [-0.2, 0) is 4.74 Å². The lowest BCUT2D eigenvalue weighted by molar-refractivity contribution is -0.384. The SMILES string of the molecule is COC(=O)c1cccc(NC(=O)c2coc3ccc([N+](=O)[O-])cc23)c1C. The van der Waals surface area contributed by atoms with Gasteiger partial charge in [-0.15, -0.1) is 0 Å². The molecule has 3 rings (SSSR count). The number of nitrogens with zero attached hydrogens (tertiary/aromatic N) is 1. The summed E-state index contributed by atoms with van der Waals surface area (Å²) in [6.07, 6.45) is 1.24. The fourth-order valence-electron chi connectivity index (χ4n) is 2.60. The quantitative estimate of drug-likeness (QED) is 0.434. The fourth-order valence-corrected chi connectivity index (χ4v) is 2.60. The molecule has 0 unspecified atom stereocenters. The lowest BCUT2D eigenvalue weighted by atomic mass is 10.1. The van der Waals surface area contributed by atoms with Gasteiger partial charge < -0.3 is 14.5 Å². The minimum absolute atomic E-state index is 0.142. The second-order valence-corrected chi connectivity index (χ2v) is 5.51. The predicted octanol–water partition coefficient (Wildman–Crippen LogP) is 3.69. The molecule has 0 saturated carbocycles. The Labute approximate surface area is 147 Å². The molecule has 1 heterocycles. The second kappa shape index (κ2) is 6.67. The summed E-state index contributed by atoms with van der Waals surface area (Å²) in [6, 6.07) is 8.88. The number of nitro benzene ring substituents is 1. The second-order valence-electron chi connectivity index (χ2n) is 5.51. The molecule has 0 fully saturated rings. The van der Waals surface area contributed by atoms with Crippen LogP contribution in [0.15, 0.2) is 47.1 Å². The van der Waals surface area contributed by atoms with Crippen molar-refractivity contribution in [1.82, 2.24) is 0 Å². The molecule has 0 aliphatic heterocycles. The minimum atomic E-state index is -0.544.